The van der Waals surface area contributed by atoms with Crippen molar-refractivity contribution in [1.82, 2.24) is 10.6 Å². The first-order valence-corrected chi connectivity index (χ1v) is 8.33. The van der Waals surface area contributed by atoms with Crippen LogP contribution in [0.4, 0.5) is 0 Å². The maximum atomic E-state index is 12.5. The Morgan fingerprint density at radius 3 is 2.92 bits per heavy atom. The fourth-order valence-corrected chi connectivity index (χ4v) is 3.65. The van der Waals surface area contributed by atoms with Crippen LogP contribution in [0.25, 0.3) is 11.0 Å². The summed E-state index contributed by atoms with van der Waals surface area (Å²) in [5.74, 6) is 4.58. The third-order valence-corrected chi connectivity index (χ3v) is 4.87. The second-order valence-corrected chi connectivity index (χ2v) is 6.47. The fraction of sp³-hybridized carbons (Fsp3) is 0.368. The highest BCUT2D eigenvalue weighted by atomic mass is 16.5. The van der Waals surface area contributed by atoms with Gasteiger partial charge in [-0.2, -0.15) is 0 Å². The van der Waals surface area contributed by atoms with Gasteiger partial charge in [-0.05, 0) is 43.4 Å². The van der Waals surface area contributed by atoms with Gasteiger partial charge in [-0.3, -0.25) is 4.79 Å². The van der Waals surface area contributed by atoms with Crippen molar-refractivity contribution < 1.29 is 18.7 Å². The van der Waals surface area contributed by atoms with E-state index in [4.69, 9.17) is 4.42 Å². The van der Waals surface area contributed by atoms with Gasteiger partial charge in [0.2, 0.25) is 0 Å². The molecule has 1 amide bonds. The molecule has 0 unspecified atom stereocenters. The minimum Gasteiger partial charge on any atom is -0.459 e. The van der Waals surface area contributed by atoms with Crippen LogP contribution in [0.15, 0.2) is 28.7 Å². The molecule has 2 bridgehead atoms. The summed E-state index contributed by atoms with van der Waals surface area (Å²) in [5.41, 5.74) is 1.20. The van der Waals surface area contributed by atoms with Crippen molar-refractivity contribution >= 4 is 22.8 Å². The predicted molar refractivity (Wildman–Crippen MR) is 90.9 cm³/mol. The smallest absolute Gasteiger partial charge is 0.384 e. The number of rotatable bonds is 2. The molecule has 3 atom stereocenters. The lowest BCUT2D eigenvalue weighted by atomic mass is 9.95. The first-order chi connectivity index (χ1) is 12.1. The summed E-state index contributed by atoms with van der Waals surface area (Å²) in [6, 6.07) is 8.10. The number of esters is 1. The van der Waals surface area contributed by atoms with Crippen molar-refractivity contribution in [3.05, 3.63) is 35.6 Å². The molecule has 2 saturated heterocycles. The molecule has 6 nitrogen and oxygen atoms in total. The van der Waals surface area contributed by atoms with Crippen molar-refractivity contribution in [1.29, 1.82) is 0 Å². The number of fused-ring (bicyclic) bond motifs is 3. The van der Waals surface area contributed by atoms with Crippen molar-refractivity contribution in [3.63, 3.8) is 0 Å². The molecular weight excluding hydrogens is 320 g/mol. The van der Waals surface area contributed by atoms with E-state index in [1.165, 1.54) is 13.5 Å². The first kappa shape index (κ1) is 15.7. The summed E-state index contributed by atoms with van der Waals surface area (Å²) in [5, 5.41) is 7.41. The molecule has 128 valence electrons. The number of carbonyl (C=O) groups is 2. The van der Waals surface area contributed by atoms with Gasteiger partial charge in [0.05, 0.1) is 7.11 Å². The molecule has 25 heavy (non-hydrogen) atoms. The van der Waals surface area contributed by atoms with Crippen LogP contribution in [0.5, 0.6) is 0 Å². The minimum absolute atomic E-state index is 0.0790. The molecule has 2 fully saturated rings. The molecule has 2 aliphatic rings. The lowest BCUT2D eigenvalue weighted by molar-refractivity contribution is -0.133. The van der Waals surface area contributed by atoms with E-state index >= 15 is 0 Å². The lowest BCUT2D eigenvalue weighted by Gasteiger charge is -2.21. The Balaban J connectivity index is 1.51. The number of furan rings is 1. The minimum atomic E-state index is -0.625. The molecule has 3 heterocycles. The van der Waals surface area contributed by atoms with Gasteiger partial charge in [-0.25, -0.2) is 4.79 Å². The third kappa shape index (κ3) is 3.11. The van der Waals surface area contributed by atoms with E-state index in [0.29, 0.717) is 29.0 Å². The SMILES string of the molecule is COC(=O)C#Cc1cc2cc(C(=O)N[C@@H]3C[C@H]4CC[C@@H]3N4)ccc2o1. The van der Waals surface area contributed by atoms with Gasteiger partial charge in [0.25, 0.3) is 5.91 Å². The summed E-state index contributed by atoms with van der Waals surface area (Å²) in [6.07, 6.45) is 3.32. The van der Waals surface area contributed by atoms with Gasteiger partial charge in [0, 0.05) is 41.1 Å². The molecule has 1 aromatic heterocycles. The molecular formula is C19H18N2O4. The van der Waals surface area contributed by atoms with Crippen LogP contribution in [0.2, 0.25) is 0 Å². The molecule has 2 aromatic rings. The van der Waals surface area contributed by atoms with Gasteiger partial charge >= 0.3 is 5.97 Å². The zero-order valence-corrected chi connectivity index (χ0v) is 13.8. The van der Waals surface area contributed by atoms with Crippen molar-refractivity contribution in [2.75, 3.05) is 7.11 Å². The Kier molecular flexibility index (Phi) is 3.94. The Morgan fingerprint density at radius 2 is 2.20 bits per heavy atom. The number of methoxy groups -OCH3 is 1. The fourth-order valence-electron chi connectivity index (χ4n) is 3.65. The summed E-state index contributed by atoms with van der Waals surface area (Å²) in [6.45, 7) is 0. The number of nitrogens with one attached hydrogen (secondary N) is 2. The number of benzene rings is 1. The van der Waals surface area contributed by atoms with Crippen molar-refractivity contribution in [3.8, 4) is 11.8 Å². The zero-order chi connectivity index (χ0) is 17.4. The second-order valence-electron chi connectivity index (χ2n) is 6.47. The van der Waals surface area contributed by atoms with Crippen LogP contribution in [0.1, 0.15) is 35.4 Å². The normalized spacial score (nSPS) is 24.0. The van der Waals surface area contributed by atoms with E-state index in [2.05, 4.69) is 27.2 Å². The van der Waals surface area contributed by atoms with E-state index in [-0.39, 0.29) is 11.9 Å². The van der Waals surface area contributed by atoms with Gasteiger partial charge < -0.3 is 19.8 Å². The number of hydrogen-bond donors (Lipinski definition) is 2. The van der Waals surface area contributed by atoms with Crippen molar-refractivity contribution in [2.24, 2.45) is 0 Å². The Bertz CT molecular complexity index is 905. The number of carbonyl (C=O) groups excluding carboxylic acids is 2. The quantitative estimate of drug-likeness (QED) is 0.642. The summed E-state index contributed by atoms with van der Waals surface area (Å²) in [7, 11) is 1.27. The van der Waals surface area contributed by atoms with Crippen LogP contribution >= 0.6 is 0 Å². The van der Waals surface area contributed by atoms with E-state index in [1.807, 2.05) is 0 Å². The topological polar surface area (TPSA) is 80.6 Å². The number of ether oxygens (including phenoxy) is 1. The second kappa shape index (κ2) is 6.26. The summed E-state index contributed by atoms with van der Waals surface area (Å²) >= 11 is 0. The van der Waals surface area contributed by atoms with Crippen LogP contribution in [-0.2, 0) is 9.53 Å². The molecule has 6 heteroatoms. The summed E-state index contributed by atoms with van der Waals surface area (Å²) < 4.78 is 10.0. The van der Waals surface area contributed by atoms with E-state index in [0.717, 1.165) is 18.2 Å². The summed E-state index contributed by atoms with van der Waals surface area (Å²) in [4.78, 5) is 23.6. The van der Waals surface area contributed by atoms with E-state index in [9.17, 15) is 9.59 Å². The van der Waals surface area contributed by atoms with Gasteiger partial charge in [0.15, 0.2) is 5.76 Å². The number of amides is 1. The molecule has 0 radical (unpaired) electrons. The standard InChI is InChI=1S/C19H18N2O4/c1-24-18(22)7-4-14-9-12-8-11(2-6-17(12)25-14)19(23)21-16-10-13-3-5-15(16)20-13/h2,6,8-9,13,15-16,20H,3,5,10H2,1H3,(H,21,23)/t13-,15+,16-/m1/s1. The predicted octanol–water partition coefficient (Wildman–Crippen LogP) is 1.58. The third-order valence-electron chi connectivity index (χ3n) is 4.87. The first-order valence-electron chi connectivity index (χ1n) is 8.33. The lowest BCUT2D eigenvalue weighted by Crippen LogP contribution is -2.42. The molecule has 0 saturated carbocycles. The average molecular weight is 338 g/mol. The Labute approximate surface area is 144 Å². The highest BCUT2D eigenvalue weighted by Crippen LogP contribution is 2.28. The van der Waals surface area contributed by atoms with Crippen LogP contribution in [0.3, 0.4) is 0 Å². The zero-order valence-electron chi connectivity index (χ0n) is 13.8. The maximum Gasteiger partial charge on any atom is 0.384 e. The van der Waals surface area contributed by atoms with Crippen LogP contribution in [0, 0.1) is 11.8 Å². The Hall–Kier alpha value is -2.78. The van der Waals surface area contributed by atoms with Crippen LogP contribution in [-0.4, -0.2) is 37.1 Å². The highest BCUT2D eigenvalue weighted by molar-refractivity contribution is 5.98. The molecule has 0 aliphatic carbocycles. The Morgan fingerprint density at radius 1 is 1.32 bits per heavy atom. The number of hydrogen-bond acceptors (Lipinski definition) is 5. The maximum absolute atomic E-state index is 12.5. The van der Waals surface area contributed by atoms with Crippen LogP contribution < -0.4 is 10.6 Å². The molecule has 2 aliphatic heterocycles. The molecule has 4 rings (SSSR count). The molecule has 1 aromatic carbocycles. The van der Waals surface area contributed by atoms with Gasteiger partial charge in [-0.1, -0.05) is 0 Å². The van der Waals surface area contributed by atoms with E-state index < -0.39 is 5.97 Å². The van der Waals surface area contributed by atoms with Crippen molar-refractivity contribution in [2.45, 2.75) is 37.4 Å². The largest absolute Gasteiger partial charge is 0.459 e. The van der Waals surface area contributed by atoms with Gasteiger partial charge in [0.1, 0.15) is 5.58 Å². The molecule has 2 N–H and O–H groups in total. The van der Waals surface area contributed by atoms with E-state index in [1.54, 1.807) is 24.3 Å². The molecule has 0 spiro atoms. The highest BCUT2D eigenvalue weighted by Gasteiger charge is 2.39. The van der Waals surface area contributed by atoms with Gasteiger partial charge in [-0.15, -0.1) is 0 Å². The monoisotopic (exact) mass is 338 g/mol. The average Bonchev–Trinajstić information content (AvgIpc) is 3.33.